The van der Waals surface area contributed by atoms with E-state index in [-0.39, 0.29) is 11.7 Å². The molecule has 0 saturated heterocycles. The predicted molar refractivity (Wildman–Crippen MR) is 81.1 cm³/mol. The number of halogens is 1. The van der Waals surface area contributed by atoms with E-state index in [2.05, 4.69) is 24.2 Å². The summed E-state index contributed by atoms with van der Waals surface area (Å²) in [5, 5.41) is 4.05. The largest absolute Gasteiger partial charge is 0.367 e. The minimum atomic E-state index is -0.289. The Balaban J connectivity index is 2.09. The summed E-state index contributed by atoms with van der Waals surface area (Å²) in [7, 11) is 0. The number of nitrogens with two attached hydrogens (primary N) is 1. The Hall–Kier alpha value is -2.62. The molecule has 4 heteroatoms. The average molecular weight is 282 g/mol. The summed E-state index contributed by atoms with van der Waals surface area (Å²) < 4.78 is 18.2. The summed E-state index contributed by atoms with van der Waals surface area (Å²) in [6.07, 6.45) is 0.978. The average Bonchev–Trinajstić information content (AvgIpc) is 2.90. The molecule has 0 radical (unpaired) electrons. The molecule has 0 aliphatic rings. The standard InChI is InChI=1S/C17H15FN2O/c1-2-11-3-5-13(6-4-11)16-15(17(19)21-20-16)12-7-9-14(18)10-8-12/h3-10H,2,19H2,1H3. The molecule has 0 aliphatic carbocycles. The van der Waals surface area contributed by atoms with Crippen LogP contribution in [0.3, 0.4) is 0 Å². The van der Waals surface area contributed by atoms with E-state index in [1.54, 1.807) is 12.1 Å². The number of rotatable bonds is 3. The van der Waals surface area contributed by atoms with E-state index < -0.39 is 0 Å². The van der Waals surface area contributed by atoms with E-state index in [0.29, 0.717) is 11.3 Å². The Labute approximate surface area is 122 Å². The normalized spacial score (nSPS) is 10.8. The van der Waals surface area contributed by atoms with Crippen molar-refractivity contribution in [2.75, 3.05) is 5.73 Å². The van der Waals surface area contributed by atoms with Crippen molar-refractivity contribution in [2.45, 2.75) is 13.3 Å². The summed E-state index contributed by atoms with van der Waals surface area (Å²) in [5.41, 5.74) is 10.2. The zero-order valence-corrected chi connectivity index (χ0v) is 11.6. The first-order chi connectivity index (χ1) is 10.2. The van der Waals surface area contributed by atoms with E-state index >= 15 is 0 Å². The van der Waals surface area contributed by atoms with Crippen LogP contribution < -0.4 is 5.73 Å². The molecular weight excluding hydrogens is 267 g/mol. The molecule has 0 unspecified atom stereocenters. The van der Waals surface area contributed by atoms with Crippen LogP contribution in [0.2, 0.25) is 0 Å². The molecule has 1 aromatic heterocycles. The summed E-state index contributed by atoms with van der Waals surface area (Å²) >= 11 is 0. The molecule has 0 bridgehead atoms. The molecule has 0 aliphatic heterocycles. The summed E-state index contributed by atoms with van der Waals surface area (Å²) in [5.74, 6) is -0.0567. The number of hydrogen-bond donors (Lipinski definition) is 1. The van der Waals surface area contributed by atoms with Gasteiger partial charge in [0.2, 0.25) is 5.88 Å². The first kappa shape index (κ1) is 13.4. The number of hydrogen-bond acceptors (Lipinski definition) is 3. The SMILES string of the molecule is CCc1ccc(-c2noc(N)c2-c2ccc(F)cc2)cc1. The van der Waals surface area contributed by atoms with Gasteiger partial charge in [-0.05, 0) is 29.7 Å². The number of benzene rings is 2. The molecule has 21 heavy (non-hydrogen) atoms. The second-order valence-corrected chi connectivity index (χ2v) is 4.83. The molecule has 0 spiro atoms. The van der Waals surface area contributed by atoms with E-state index in [1.165, 1.54) is 17.7 Å². The maximum absolute atomic E-state index is 13.1. The van der Waals surface area contributed by atoms with Gasteiger partial charge in [-0.25, -0.2) is 4.39 Å². The molecular formula is C17H15FN2O. The lowest BCUT2D eigenvalue weighted by molar-refractivity contribution is 0.439. The Morgan fingerprint density at radius 1 is 1.00 bits per heavy atom. The molecule has 106 valence electrons. The fourth-order valence-electron chi connectivity index (χ4n) is 2.29. The molecule has 2 N–H and O–H groups in total. The van der Waals surface area contributed by atoms with Crippen molar-refractivity contribution in [2.24, 2.45) is 0 Å². The van der Waals surface area contributed by atoms with Crippen LogP contribution in [0.1, 0.15) is 12.5 Å². The van der Waals surface area contributed by atoms with Crippen molar-refractivity contribution >= 4 is 5.88 Å². The minimum absolute atomic E-state index is 0.233. The predicted octanol–water partition coefficient (Wildman–Crippen LogP) is 4.29. The lowest BCUT2D eigenvalue weighted by atomic mass is 10.00. The van der Waals surface area contributed by atoms with E-state index in [1.807, 2.05) is 12.1 Å². The second-order valence-electron chi connectivity index (χ2n) is 4.83. The van der Waals surface area contributed by atoms with Crippen LogP contribution in [0.15, 0.2) is 53.1 Å². The molecule has 3 aromatic rings. The van der Waals surface area contributed by atoms with Gasteiger partial charge in [-0.15, -0.1) is 0 Å². The summed E-state index contributed by atoms with van der Waals surface area (Å²) in [6, 6.07) is 14.2. The maximum atomic E-state index is 13.1. The summed E-state index contributed by atoms with van der Waals surface area (Å²) in [6.45, 7) is 2.10. The highest BCUT2D eigenvalue weighted by atomic mass is 19.1. The molecule has 1 heterocycles. The topological polar surface area (TPSA) is 52.0 Å². The zero-order chi connectivity index (χ0) is 14.8. The van der Waals surface area contributed by atoms with Crippen molar-refractivity contribution in [3.05, 3.63) is 59.9 Å². The van der Waals surface area contributed by atoms with Gasteiger partial charge in [-0.2, -0.15) is 0 Å². The number of nitrogens with zero attached hydrogens (tertiary/aromatic N) is 1. The van der Waals surface area contributed by atoms with Crippen molar-refractivity contribution in [1.29, 1.82) is 0 Å². The minimum Gasteiger partial charge on any atom is -0.367 e. The number of aryl methyl sites for hydroxylation is 1. The third-order valence-electron chi connectivity index (χ3n) is 3.49. The van der Waals surface area contributed by atoms with Gasteiger partial charge in [0.25, 0.3) is 0 Å². The lowest BCUT2D eigenvalue weighted by Crippen LogP contribution is -1.88. The van der Waals surface area contributed by atoms with Crippen LogP contribution in [-0.4, -0.2) is 5.16 Å². The third kappa shape index (κ3) is 2.52. The Kier molecular flexibility index (Phi) is 3.44. The fourth-order valence-corrected chi connectivity index (χ4v) is 2.29. The van der Waals surface area contributed by atoms with Gasteiger partial charge in [0.1, 0.15) is 11.5 Å². The van der Waals surface area contributed by atoms with Gasteiger partial charge in [0, 0.05) is 5.56 Å². The Bertz CT molecular complexity index is 745. The van der Waals surface area contributed by atoms with Gasteiger partial charge in [-0.3, -0.25) is 0 Å². The van der Waals surface area contributed by atoms with Crippen molar-refractivity contribution in [1.82, 2.24) is 5.16 Å². The van der Waals surface area contributed by atoms with Crippen LogP contribution in [-0.2, 0) is 6.42 Å². The van der Waals surface area contributed by atoms with E-state index in [9.17, 15) is 4.39 Å². The molecule has 3 rings (SSSR count). The highest BCUT2D eigenvalue weighted by Gasteiger charge is 2.17. The molecule has 0 fully saturated rings. The van der Waals surface area contributed by atoms with Gasteiger partial charge in [-0.1, -0.05) is 48.5 Å². The highest BCUT2D eigenvalue weighted by molar-refractivity contribution is 5.86. The number of nitrogen functional groups attached to an aromatic ring is 1. The van der Waals surface area contributed by atoms with Gasteiger partial charge in [0.05, 0.1) is 5.56 Å². The van der Waals surface area contributed by atoms with Crippen LogP contribution >= 0.6 is 0 Å². The highest BCUT2D eigenvalue weighted by Crippen LogP contribution is 2.36. The molecule has 3 nitrogen and oxygen atoms in total. The molecule has 0 amide bonds. The number of aromatic nitrogens is 1. The zero-order valence-electron chi connectivity index (χ0n) is 11.6. The van der Waals surface area contributed by atoms with Crippen molar-refractivity contribution in [3.63, 3.8) is 0 Å². The Morgan fingerprint density at radius 3 is 2.24 bits per heavy atom. The van der Waals surface area contributed by atoms with E-state index in [0.717, 1.165) is 17.5 Å². The number of anilines is 1. The van der Waals surface area contributed by atoms with Crippen molar-refractivity contribution in [3.8, 4) is 22.4 Å². The first-order valence-corrected chi connectivity index (χ1v) is 6.79. The van der Waals surface area contributed by atoms with Gasteiger partial charge >= 0.3 is 0 Å². The van der Waals surface area contributed by atoms with Crippen LogP contribution in [0.5, 0.6) is 0 Å². The van der Waals surface area contributed by atoms with Crippen LogP contribution in [0, 0.1) is 5.82 Å². The van der Waals surface area contributed by atoms with Crippen molar-refractivity contribution < 1.29 is 8.91 Å². The smallest absolute Gasteiger partial charge is 0.230 e. The summed E-state index contributed by atoms with van der Waals surface area (Å²) in [4.78, 5) is 0. The Morgan fingerprint density at radius 2 is 1.62 bits per heavy atom. The van der Waals surface area contributed by atoms with Gasteiger partial charge < -0.3 is 10.3 Å². The second kappa shape index (κ2) is 5.40. The first-order valence-electron chi connectivity index (χ1n) is 6.79. The lowest BCUT2D eigenvalue weighted by Gasteiger charge is -2.04. The molecule has 0 atom stereocenters. The third-order valence-corrected chi connectivity index (χ3v) is 3.49. The molecule has 0 saturated carbocycles. The quantitative estimate of drug-likeness (QED) is 0.779. The van der Waals surface area contributed by atoms with Crippen LogP contribution in [0.25, 0.3) is 22.4 Å². The van der Waals surface area contributed by atoms with Crippen LogP contribution in [0.4, 0.5) is 10.3 Å². The van der Waals surface area contributed by atoms with Gasteiger partial charge in [0.15, 0.2) is 0 Å². The molecule has 2 aromatic carbocycles. The maximum Gasteiger partial charge on any atom is 0.230 e. The monoisotopic (exact) mass is 282 g/mol. The fraction of sp³-hybridized carbons (Fsp3) is 0.118. The van der Waals surface area contributed by atoms with E-state index in [4.69, 9.17) is 10.3 Å².